The maximum absolute atomic E-state index is 12.9. The Labute approximate surface area is 126 Å². The van der Waals surface area contributed by atoms with Crippen LogP contribution in [0.25, 0.3) is 6.08 Å². The van der Waals surface area contributed by atoms with Gasteiger partial charge in [0.1, 0.15) is 6.61 Å². The van der Waals surface area contributed by atoms with Gasteiger partial charge in [-0.2, -0.15) is 4.39 Å². The fourth-order valence-corrected chi connectivity index (χ4v) is 1.64. The Morgan fingerprint density at radius 3 is 2.77 bits per heavy atom. The van der Waals surface area contributed by atoms with Crippen LogP contribution >= 0.6 is 0 Å². The lowest BCUT2D eigenvalue weighted by atomic mass is 10.2. The van der Waals surface area contributed by atoms with Crippen LogP contribution in [-0.2, 0) is 11.3 Å². The van der Waals surface area contributed by atoms with Crippen molar-refractivity contribution >= 4 is 12.2 Å². The minimum atomic E-state index is -1.14. The summed E-state index contributed by atoms with van der Waals surface area (Å²) in [5.74, 6) is -2.16. The summed E-state index contributed by atoms with van der Waals surface area (Å²) in [5, 5.41) is 2.51. The topological polar surface area (TPSA) is 51.2 Å². The van der Waals surface area contributed by atoms with E-state index < -0.39 is 17.9 Å². The quantitative estimate of drug-likeness (QED) is 0.862. The molecule has 0 unspecified atom stereocenters. The molecule has 0 spiro atoms. The Balaban J connectivity index is 1.72. The number of rotatable bonds is 5. The molecule has 22 heavy (non-hydrogen) atoms. The Morgan fingerprint density at radius 1 is 1.27 bits per heavy atom. The van der Waals surface area contributed by atoms with Crippen LogP contribution < -0.4 is 5.32 Å². The van der Waals surface area contributed by atoms with E-state index in [0.29, 0.717) is 5.56 Å². The predicted octanol–water partition coefficient (Wildman–Crippen LogP) is 3.30. The van der Waals surface area contributed by atoms with Crippen molar-refractivity contribution in [3.8, 4) is 0 Å². The normalized spacial score (nSPS) is 10.6. The number of ether oxygens (including phenoxy) is 1. The van der Waals surface area contributed by atoms with Gasteiger partial charge in [0.2, 0.25) is 5.95 Å². The molecule has 2 aromatic rings. The van der Waals surface area contributed by atoms with Gasteiger partial charge in [-0.1, -0.05) is 42.5 Å². The van der Waals surface area contributed by atoms with Crippen LogP contribution in [0.3, 0.4) is 0 Å². The first-order valence-electron chi connectivity index (χ1n) is 6.57. The number of halogens is 2. The molecule has 4 nitrogen and oxygen atoms in total. The van der Waals surface area contributed by atoms with Gasteiger partial charge < -0.3 is 10.1 Å². The van der Waals surface area contributed by atoms with Crippen LogP contribution in [0.15, 0.2) is 48.7 Å². The van der Waals surface area contributed by atoms with Crippen molar-refractivity contribution in [3.63, 3.8) is 0 Å². The highest BCUT2D eigenvalue weighted by Gasteiger charge is 2.02. The summed E-state index contributed by atoms with van der Waals surface area (Å²) in [5.41, 5.74) is 1.29. The molecule has 6 heteroatoms. The van der Waals surface area contributed by atoms with Crippen LogP contribution in [0.2, 0.25) is 0 Å². The number of aromatic nitrogens is 1. The van der Waals surface area contributed by atoms with Gasteiger partial charge in [-0.15, -0.1) is 0 Å². The smallest absolute Gasteiger partial charge is 0.407 e. The van der Waals surface area contributed by atoms with Gasteiger partial charge in [0, 0.05) is 12.7 Å². The number of nitrogens with one attached hydrogen (secondary N) is 1. The van der Waals surface area contributed by atoms with E-state index in [9.17, 15) is 13.6 Å². The first-order chi connectivity index (χ1) is 10.6. The van der Waals surface area contributed by atoms with Crippen molar-refractivity contribution in [3.05, 3.63) is 71.6 Å². The minimum absolute atomic E-state index is 0.184. The zero-order chi connectivity index (χ0) is 15.8. The van der Waals surface area contributed by atoms with E-state index >= 15 is 0 Å². The molecule has 0 radical (unpaired) electrons. The Kier molecular flexibility index (Phi) is 5.59. The summed E-state index contributed by atoms with van der Waals surface area (Å²) in [6.45, 7) is 0.385. The first-order valence-corrected chi connectivity index (χ1v) is 6.57. The first kappa shape index (κ1) is 15.6. The second kappa shape index (κ2) is 7.87. The molecular formula is C16H14F2N2O2. The van der Waals surface area contributed by atoms with Crippen LogP contribution in [0, 0.1) is 11.8 Å². The third-order valence-electron chi connectivity index (χ3n) is 2.70. The van der Waals surface area contributed by atoms with E-state index in [2.05, 4.69) is 10.3 Å². The lowest BCUT2D eigenvalue weighted by molar-refractivity contribution is 0.141. The second-order valence-electron chi connectivity index (χ2n) is 4.39. The number of benzene rings is 1. The monoisotopic (exact) mass is 304 g/mol. The highest BCUT2D eigenvalue weighted by Crippen LogP contribution is 2.06. The fourth-order valence-electron chi connectivity index (χ4n) is 1.64. The standard InChI is InChI=1S/C16H14F2N2O2/c17-14-9-13(10-20-15(14)18)7-4-8-19-16(21)22-11-12-5-2-1-3-6-12/h1-7,9-10H,8,11H2,(H,19,21). The van der Waals surface area contributed by atoms with E-state index in [1.807, 2.05) is 30.3 Å². The average molecular weight is 304 g/mol. The molecule has 1 amide bonds. The molecule has 0 saturated carbocycles. The highest BCUT2D eigenvalue weighted by atomic mass is 19.2. The molecule has 1 heterocycles. The average Bonchev–Trinajstić information content (AvgIpc) is 2.54. The number of carbonyl (C=O) groups excluding carboxylic acids is 1. The van der Waals surface area contributed by atoms with E-state index in [4.69, 9.17) is 4.74 Å². The molecule has 1 N–H and O–H groups in total. The number of hydrogen-bond donors (Lipinski definition) is 1. The number of nitrogens with zero attached hydrogens (tertiary/aromatic N) is 1. The van der Waals surface area contributed by atoms with Crippen molar-refractivity contribution in [2.24, 2.45) is 0 Å². The van der Waals surface area contributed by atoms with Gasteiger partial charge in [0.15, 0.2) is 5.82 Å². The molecule has 0 aliphatic rings. The van der Waals surface area contributed by atoms with Gasteiger partial charge in [-0.25, -0.2) is 14.2 Å². The SMILES string of the molecule is O=C(NCC=Cc1cnc(F)c(F)c1)OCc1ccccc1. The maximum Gasteiger partial charge on any atom is 0.407 e. The van der Waals surface area contributed by atoms with Gasteiger partial charge in [0.25, 0.3) is 0 Å². The minimum Gasteiger partial charge on any atom is -0.445 e. The molecule has 1 aromatic carbocycles. The summed E-state index contributed by atoms with van der Waals surface area (Å²) in [7, 11) is 0. The number of carbonyl (C=O) groups is 1. The molecule has 0 atom stereocenters. The molecule has 0 aliphatic carbocycles. The van der Waals surface area contributed by atoms with E-state index in [0.717, 1.165) is 11.6 Å². The molecule has 0 bridgehead atoms. The maximum atomic E-state index is 12.9. The predicted molar refractivity (Wildman–Crippen MR) is 77.8 cm³/mol. The number of pyridine rings is 1. The number of amides is 1. The largest absolute Gasteiger partial charge is 0.445 e. The molecule has 0 saturated heterocycles. The van der Waals surface area contributed by atoms with Gasteiger partial charge in [-0.3, -0.25) is 0 Å². The molecule has 0 aliphatic heterocycles. The zero-order valence-electron chi connectivity index (χ0n) is 11.6. The van der Waals surface area contributed by atoms with E-state index in [-0.39, 0.29) is 13.2 Å². The van der Waals surface area contributed by atoms with Gasteiger partial charge in [0.05, 0.1) is 0 Å². The lowest BCUT2D eigenvalue weighted by Crippen LogP contribution is -2.24. The summed E-state index contributed by atoms with van der Waals surface area (Å²) in [6.07, 6.45) is 3.74. The van der Waals surface area contributed by atoms with Crippen LogP contribution in [0.1, 0.15) is 11.1 Å². The van der Waals surface area contributed by atoms with E-state index in [1.165, 1.54) is 12.3 Å². The third-order valence-corrected chi connectivity index (χ3v) is 2.70. The van der Waals surface area contributed by atoms with Crippen molar-refractivity contribution in [1.29, 1.82) is 0 Å². The second-order valence-corrected chi connectivity index (χ2v) is 4.39. The van der Waals surface area contributed by atoms with Crippen LogP contribution in [0.5, 0.6) is 0 Å². The zero-order valence-corrected chi connectivity index (χ0v) is 11.6. The Morgan fingerprint density at radius 2 is 2.05 bits per heavy atom. The number of alkyl carbamates (subject to hydrolysis) is 1. The van der Waals surface area contributed by atoms with Crippen LogP contribution in [-0.4, -0.2) is 17.6 Å². The summed E-state index contributed by atoms with van der Waals surface area (Å²) in [6, 6.07) is 10.3. The van der Waals surface area contributed by atoms with Crippen molar-refractivity contribution in [1.82, 2.24) is 10.3 Å². The van der Waals surface area contributed by atoms with Crippen molar-refractivity contribution in [2.45, 2.75) is 6.61 Å². The van der Waals surface area contributed by atoms with Crippen molar-refractivity contribution in [2.75, 3.05) is 6.54 Å². The molecule has 114 valence electrons. The summed E-state index contributed by atoms with van der Waals surface area (Å²) >= 11 is 0. The summed E-state index contributed by atoms with van der Waals surface area (Å²) < 4.78 is 30.6. The van der Waals surface area contributed by atoms with Gasteiger partial charge in [-0.05, 0) is 17.2 Å². The van der Waals surface area contributed by atoms with E-state index in [1.54, 1.807) is 6.08 Å². The Hall–Kier alpha value is -2.76. The molecule has 1 aromatic heterocycles. The van der Waals surface area contributed by atoms with Crippen molar-refractivity contribution < 1.29 is 18.3 Å². The van der Waals surface area contributed by atoms with Crippen LogP contribution in [0.4, 0.5) is 13.6 Å². The highest BCUT2D eigenvalue weighted by molar-refractivity contribution is 5.67. The molecular weight excluding hydrogens is 290 g/mol. The van der Waals surface area contributed by atoms with Gasteiger partial charge >= 0.3 is 6.09 Å². The summed E-state index contributed by atoms with van der Waals surface area (Å²) in [4.78, 5) is 14.7. The molecule has 2 rings (SSSR count). The fraction of sp³-hybridized carbons (Fsp3) is 0.125. The Bertz CT molecular complexity index is 660. The third kappa shape index (κ3) is 4.97. The molecule has 0 fully saturated rings. The lowest BCUT2D eigenvalue weighted by Gasteiger charge is -2.05. The number of hydrogen-bond acceptors (Lipinski definition) is 3.